The van der Waals surface area contributed by atoms with Crippen LogP contribution in [-0.4, -0.2) is 22.3 Å². The minimum Gasteiger partial charge on any atom is -0.481 e. The molecule has 4 rings (SSSR count). The van der Waals surface area contributed by atoms with E-state index < -0.39 is 18.2 Å². The van der Waals surface area contributed by atoms with Crippen LogP contribution in [0.4, 0.5) is 10.5 Å². The number of carbonyl (C=O) groups is 2. The monoisotopic (exact) mass is 490 g/mol. The first-order valence-corrected chi connectivity index (χ1v) is 11.3. The van der Waals surface area contributed by atoms with E-state index in [2.05, 4.69) is 10.5 Å². The van der Waals surface area contributed by atoms with Gasteiger partial charge in [-0.2, -0.15) is 0 Å². The second-order valence-corrected chi connectivity index (χ2v) is 8.42. The van der Waals surface area contributed by atoms with Crippen molar-refractivity contribution in [2.24, 2.45) is 0 Å². The highest BCUT2D eigenvalue weighted by Crippen LogP contribution is 2.33. The number of rotatable bonds is 7. The van der Waals surface area contributed by atoms with Crippen LogP contribution >= 0.6 is 11.6 Å². The van der Waals surface area contributed by atoms with Gasteiger partial charge in [-0.1, -0.05) is 77.4 Å². The van der Waals surface area contributed by atoms with Gasteiger partial charge in [-0.15, -0.1) is 0 Å². The Morgan fingerprint density at radius 3 is 2.46 bits per heavy atom. The van der Waals surface area contributed by atoms with Crippen LogP contribution in [0.15, 0.2) is 77.3 Å². The SMILES string of the molecule is Cc1onc(-c2cccc(-c3cccc(CC(=O)O)c3)c2)c1NC(=O)OC(C)c1ccccc1Cl. The lowest BCUT2D eigenvalue weighted by Crippen LogP contribution is -2.17. The van der Waals surface area contributed by atoms with Gasteiger partial charge in [0.25, 0.3) is 0 Å². The van der Waals surface area contributed by atoms with Crippen LogP contribution in [0.5, 0.6) is 0 Å². The summed E-state index contributed by atoms with van der Waals surface area (Å²) in [5.74, 6) is -0.461. The molecule has 4 aromatic rings. The number of carboxylic acids is 1. The zero-order chi connectivity index (χ0) is 24.9. The molecule has 0 radical (unpaired) electrons. The van der Waals surface area contributed by atoms with Crippen molar-refractivity contribution in [1.82, 2.24) is 5.16 Å². The Morgan fingerprint density at radius 2 is 1.71 bits per heavy atom. The van der Waals surface area contributed by atoms with E-state index in [-0.39, 0.29) is 6.42 Å². The maximum absolute atomic E-state index is 12.7. The lowest BCUT2D eigenvalue weighted by atomic mass is 9.99. The zero-order valence-corrected chi connectivity index (χ0v) is 19.9. The zero-order valence-electron chi connectivity index (χ0n) is 19.1. The Morgan fingerprint density at radius 1 is 1.03 bits per heavy atom. The van der Waals surface area contributed by atoms with Crippen molar-refractivity contribution < 1.29 is 24.0 Å². The quantitative estimate of drug-likeness (QED) is 0.292. The predicted molar refractivity (Wildman–Crippen MR) is 133 cm³/mol. The standard InChI is InChI=1S/C27H23ClN2O5/c1-16(22-11-3-4-12-23(22)28)34-27(33)29-25-17(2)35-30-26(25)21-10-6-9-20(15-21)19-8-5-7-18(13-19)14-24(31)32/h3-13,15-16H,14H2,1-2H3,(H,29,33)(H,31,32). The van der Waals surface area contributed by atoms with E-state index in [1.165, 1.54) is 0 Å². The van der Waals surface area contributed by atoms with Crippen molar-refractivity contribution in [2.45, 2.75) is 26.4 Å². The molecule has 35 heavy (non-hydrogen) atoms. The second-order valence-electron chi connectivity index (χ2n) is 8.01. The maximum Gasteiger partial charge on any atom is 0.412 e. The first-order chi connectivity index (χ1) is 16.8. The number of carbonyl (C=O) groups excluding carboxylic acids is 1. The number of anilines is 1. The number of carboxylic acid groups (broad SMARTS) is 1. The molecule has 0 aliphatic heterocycles. The average molecular weight is 491 g/mol. The molecule has 0 bridgehead atoms. The van der Waals surface area contributed by atoms with E-state index in [1.807, 2.05) is 54.6 Å². The van der Waals surface area contributed by atoms with Gasteiger partial charge in [0, 0.05) is 16.1 Å². The molecule has 1 heterocycles. The smallest absolute Gasteiger partial charge is 0.412 e. The first kappa shape index (κ1) is 24.0. The molecule has 0 spiro atoms. The van der Waals surface area contributed by atoms with Crippen LogP contribution in [0.1, 0.15) is 29.9 Å². The number of nitrogens with one attached hydrogen (secondary N) is 1. The molecule has 7 nitrogen and oxygen atoms in total. The largest absolute Gasteiger partial charge is 0.481 e. The predicted octanol–water partition coefficient (Wildman–Crippen LogP) is 6.91. The summed E-state index contributed by atoms with van der Waals surface area (Å²) in [6.45, 7) is 3.44. The summed E-state index contributed by atoms with van der Waals surface area (Å²) in [6.07, 6.45) is -1.28. The number of aliphatic carboxylic acids is 1. The van der Waals surface area contributed by atoms with E-state index >= 15 is 0 Å². The number of benzene rings is 3. The summed E-state index contributed by atoms with van der Waals surface area (Å²) >= 11 is 6.21. The van der Waals surface area contributed by atoms with Gasteiger partial charge in [-0.05, 0) is 42.7 Å². The first-order valence-electron chi connectivity index (χ1n) is 10.9. The number of amides is 1. The Kier molecular flexibility index (Phi) is 7.17. The summed E-state index contributed by atoms with van der Waals surface area (Å²) < 4.78 is 10.9. The number of ether oxygens (including phenoxy) is 1. The van der Waals surface area contributed by atoms with Crippen LogP contribution < -0.4 is 5.32 Å². The number of nitrogens with zero attached hydrogens (tertiary/aromatic N) is 1. The van der Waals surface area contributed by atoms with Crippen molar-refractivity contribution in [2.75, 3.05) is 5.32 Å². The van der Waals surface area contributed by atoms with Crippen molar-refractivity contribution >= 4 is 29.4 Å². The van der Waals surface area contributed by atoms with Gasteiger partial charge in [0.15, 0.2) is 5.76 Å². The molecule has 0 saturated carbocycles. The Labute approximate surface area is 207 Å². The Bertz CT molecular complexity index is 1380. The third kappa shape index (κ3) is 5.70. The summed E-state index contributed by atoms with van der Waals surface area (Å²) in [7, 11) is 0. The minimum atomic E-state index is -0.888. The molecule has 1 amide bonds. The molecule has 0 fully saturated rings. The molecule has 0 aliphatic rings. The number of halogens is 1. The van der Waals surface area contributed by atoms with Gasteiger partial charge in [-0.25, -0.2) is 4.79 Å². The fourth-order valence-corrected chi connectivity index (χ4v) is 4.05. The Hall–Kier alpha value is -4.10. The molecule has 1 atom stereocenters. The van der Waals surface area contributed by atoms with Crippen LogP contribution in [0.25, 0.3) is 22.4 Å². The lowest BCUT2D eigenvalue weighted by molar-refractivity contribution is -0.136. The molecule has 1 unspecified atom stereocenters. The molecule has 0 aliphatic carbocycles. The molecule has 8 heteroatoms. The van der Waals surface area contributed by atoms with Gasteiger partial charge >= 0.3 is 12.1 Å². The third-order valence-corrected chi connectivity index (χ3v) is 5.81. The summed E-state index contributed by atoms with van der Waals surface area (Å²) in [6, 6.07) is 22.1. The number of hydrogen-bond acceptors (Lipinski definition) is 5. The second kappa shape index (κ2) is 10.4. The van der Waals surface area contributed by atoms with Crippen molar-refractivity contribution in [3.63, 3.8) is 0 Å². The number of aryl methyl sites for hydroxylation is 1. The van der Waals surface area contributed by atoms with Crippen LogP contribution in [0, 0.1) is 6.92 Å². The molecule has 0 saturated heterocycles. The van der Waals surface area contributed by atoms with Crippen LogP contribution in [-0.2, 0) is 16.0 Å². The van der Waals surface area contributed by atoms with E-state index in [0.717, 1.165) is 16.7 Å². The molecule has 3 aromatic carbocycles. The van der Waals surface area contributed by atoms with E-state index in [0.29, 0.717) is 33.3 Å². The number of aromatic nitrogens is 1. The fourth-order valence-electron chi connectivity index (χ4n) is 3.76. The molecular formula is C27H23ClN2O5. The minimum absolute atomic E-state index is 0.0567. The third-order valence-electron chi connectivity index (χ3n) is 5.47. The van der Waals surface area contributed by atoms with Gasteiger partial charge in [-0.3, -0.25) is 10.1 Å². The highest BCUT2D eigenvalue weighted by atomic mass is 35.5. The van der Waals surface area contributed by atoms with E-state index in [9.17, 15) is 9.59 Å². The molecule has 178 valence electrons. The van der Waals surface area contributed by atoms with Crippen LogP contribution in [0.2, 0.25) is 5.02 Å². The summed E-state index contributed by atoms with van der Waals surface area (Å²) in [4.78, 5) is 23.7. The van der Waals surface area contributed by atoms with E-state index in [1.54, 1.807) is 32.0 Å². The van der Waals surface area contributed by atoms with Gasteiger partial charge < -0.3 is 14.4 Å². The van der Waals surface area contributed by atoms with Gasteiger partial charge in [0.05, 0.1) is 6.42 Å². The number of hydrogen-bond donors (Lipinski definition) is 2. The van der Waals surface area contributed by atoms with E-state index in [4.69, 9.17) is 26.0 Å². The fraction of sp³-hybridized carbons (Fsp3) is 0.148. The maximum atomic E-state index is 12.7. The normalized spacial score (nSPS) is 11.6. The highest BCUT2D eigenvalue weighted by molar-refractivity contribution is 6.31. The summed E-state index contributed by atoms with van der Waals surface area (Å²) in [5.41, 5.74) is 4.72. The highest BCUT2D eigenvalue weighted by Gasteiger charge is 2.21. The lowest BCUT2D eigenvalue weighted by Gasteiger charge is -2.15. The van der Waals surface area contributed by atoms with Gasteiger partial charge in [0.1, 0.15) is 17.5 Å². The van der Waals surface area contributed by atoms with Crippen molar-refractivity contribution in [3.8, 4) is 22.4 Å². The van der Waals surface area contributed by atoms with Crippen molar-refractivity contribution in [3.05, 3.63) is 94.7 Å². The van der Waals surface area contributed by atoms with Crippen LogP contribution in [0.3, 0.4) is 0 Å². The summed E-state index contributed by atoms with van der Waals surface area (Å²) in [5, 5.41) is 16.5. The molecule has 2 N–H and O–H groups in total. The molecule has 1 aromatic heterocycles. The topological polar surface area (TPSA) is 102 Å². The molecular weight excluding hydrogens is 468 g/mol. The average Bonchev–Trinajstić information content (AvgIpc) is 3.19. The Balaban J connectivity index is 1.56. The van der Waals surface area contributed by atoms with Gasteiger partial charge in [0.2, 0.25) is 0 Å². The van der Waals surface area contributed by atoms with Crippen molar-refractivity contribution in [1.29, 1.82) is 0 Å².